The minimum absolute atomic E-state index is 0.302. The number of aromatic nitrogens is 2. The fraction of sp³-hybridized carbons (Fsp3) is 0.600. The molecule has 0 bridgehead atoms. The molecule has 0 fully saturated rings. The summed E-state index contributed by atoms with van der Waals surface area (Å²) in [5.41, 5.74) is 0.934. The monoisotopic (exact) mass is 226 g/mol. The van der Waals surface area contributed by atoms with Crippen LogP contribution in [-0.2, 0) is 4.74 Å². The second kappa shape index (κ2) is 6.24. The van der Waals surface area contributed by atoms with E-state index in [0.717, 1.165) is 11.4 Å². The van der Waals surface area contributed by atoms with Crippen LogP contribution < -0.4 is 10.6 Å². The molecule has 1 aromatic heterocycles. The van der Waals surface area contributed by atoms with Crippen molar-refractivity contribution in [2.45, 2.75) is 13.0 Å². The van der Waals surface area contributed by atoms with E-state index >= 15 is 0 Å². The van der Waals surface area contributed by atoms with E-state index in [-0.39, 0.29) is 0 Å². The zero-order valence-electron chi connectivity index (χ0n) is 9.82. The molecular formula is C10H18N4O2. The van der Waals surface area contributed by atoms with Gasteiger partial charge in [-0.3, -0.25) is 0 Å². The molecule has 1 heterocycles. The van der Waals surface area contributed by atoms with E-state index in [0.29, 0.717) is 19.1 Å². The highest BCUT2D eigenvalue weighted by atomic mass is 16.5. The third-order valence-corrected chi connectivity index (χ3v) is 2.06. The summed E-state index contributed by atoms with van der Waals surface area (Å²) in [6.45, 7) is 2.61. The Morgan fingerprint density at radius 3 is 2.94 bits per heavy atom. The lowest BCUT2D eigenvalue weighted by atomic mass is 10.3. The van der Waals surface area contributed by atoms with Gasteiger partial charge in [-0.2, -0.15) is 4.98 Å². The first kappa shape index (κ1) is 12.7. The molecule has 1 atom stereocenters. The van der Waals surface area contributed by atoms with Crippen LogP contribution in [0.3, 0.4) is 0 Å². The SMILES string of the molecule is CNc1ncc(C)c(NCC(O)COC)n1. The van der Waals surface area contributed by atoms with E-state index in [4.69, 9.17) is 4.74 Å². The molecule has 0 aliphatic rings. The lowest BCUT2D eigenvalue weighted by Gasteiger charge is -2.13. The van der Waals surface area contributed by atoms with Gasteiger partial charge in [-0.1, -0.05) is 0 Å². The third kappa shape index (κ3) is 3.63. The number of aliphatic hydroxyl groups is 1. The number of hydrogen-bond acceptors (Lipinski definition) is 6. The molecule has 90 valence electrons. The minimum Gasteiger partial charge on any atom is -0.389 e. The molecule has 16 heavy (non-hydrogen) atoms. The second-order valence-corrected chi connectivity index (χ2v) is 3.47. The summed E-state index contributed by atoms with van der Waals surface area (Å²) >= 11 is 0. The largest absolute Gasteiger partial charge is 0.389 e. The first-order valence-electron chi connectivity index (χ1n) is 5.09. The maximum atomic E-state index is 9.48. The molecule has 0 radical (unpaired) electrons. The molecule has 0 spiro atoms. The number of nitrogens with one attached hydrogen (secondary N) is 2. The number of methoxy groups -OCH3 is 1. The fourth-order valence-corrected chi connectivity index (χ4v) is 1.21. The Labute approximate surface area is 95.1 Å². The molecule has 0 aliphatic heterocycles. The van der Waals surface area contributed by atoms with Crippen molar-refractivity contribution in [1.29, 1.82) is 0 Å². The van der Waals surface area contributed by atoms with Gasteiger partial charge in [0.05, 0.1) is 12.7 Å². The zero-order chi connectivity index (χ0) is 12.0. The van der Waals surface area contributed by atoms with Crippen LogP contribution in [0.5, 0.6) is 0 Å². The van der Waals surface area contributed by atoms with Crippen LogP contribution in [0.4, 0.5) is 11.8 Å². The lowest BCUT2D eigenvalue weighted by molar-refractivity contribution is 0.0727. The Bertz CT molecular complexity index is 333. The molecule has 6 heteroatoms. The van der Waals surface area contributed by atoms with Gasteiger partial charge in [-0.05, 0) is 6.92 Å². The molecule has 6 nitrogen and oxygen atoms in total. The van der Waals surface area contributed by atoms with Crippen molar-refractivity contribution in [3.05, 3.63) is 11.8 Å². The lowest BCUT2D eigenvalue weighted by Crippen LogP contribution is -2.25. The van der Waals surface area contributed by atoms with Gasteiger partial charge in [0.15, 0.2) is 0 Å². The van der Waals surface area contributed by atoms with Crippen LogP contribution in [0.25, 0.3) is 0 Å². The van der Waals surface area contributed by atoms with Crippen molar-refractivity contribution in [2.75, 3.05) is 37.9 Å². The third-order valence-electron chi connectivity index (χ3n) is 2.06. The molecule has 0 saturated carbocycles. The van der Waals surface area contributed by atoms with Gasteiger partial charge in [0.25, 0.3) is 0 Å². The number of rotatable bonds is 6. The van der Waals surface area contributed by atoms with Crippen molar-refractivity contribution in [1.82, 2.24) is 9.97 Å². The molecule has 3 N–H and O–H groups in total. The Balaban J connectivity index is 2.58. The normalized spacial score (nSPS) is 12.2. The molecule has 0 aromatic carbocycles. The van der Waals surface area contributed by atoms with Gasteiger partial charge in [0.1, 0.15) is 5.82 Å². The average Bonchev–Trinajstić information content (AvgIpc) is 2.28. The summed E-state index contributed by atoms with van der Waals surface area (Å²) in [6.07, 6.45) is 1.18. The highest BCUT2D eigenvalue weighted by Crippen LogP contribution is 2.11. The molecule has 1 unspecified atom stereocenters. The standard InChI is InChI=1S/C10H18N4O2/c1-7-4-13-10(11-2)14-9(7)12-5-8(15)6-16-3/h4,8,15H,5-6H2,1-3H3,(H2,11,12,13,14). The van der Waals surface area contributed by atoms with Gasteiger partial charge in [-0.25, -0.2) is 4.98 Å². The second-order valence-electron chi connectivity index (χ2n) is 3.47. The van der Waals surface area contributed by atoms with Crippen molar-refractivity contribution in [3.8, 4) is 0 Å². The quantitative estimate of drug-likeness (QED) is 0.645. The van der Waals surface area contributed by atoms with Crippen molar-refractivity contribution in [2.24, 2.45) is 0 Å². The maximum absolute atomic E-state index is 9.48. The highest BCUT2D eigenvalue weighted by molar-refractivity contribution is 5.46. The van der Waals surface area contributed by atoms with Crippen LogP contribution in [0.15, 0.2) is 6.20 Å². The number of anilines is 2. The zero-order valence-corrected chi connectivity index (χ0v) is 9.82. The number of nitrogens with zero attached hydrogens (tertiary/aromatic N) is 2. The van der Waals surface area contributed by atoms with Crippen LogP contribution >= 0.6 is 0 Å². The van der Waals surface area contributed by atoms with Crippen LogP contribution in [0.1, 0.15) is 5.56 Å². The predicted molar refractivity (Wildman–Crippen MR) is 62.7 cm³/mol. The number of hydrogen-bond donors (Lipinski definition) is 3. The van der Waals surface area contributed by atoms with E-state index in [1.54, 1.807) is 20.4 Å². The van der Waals surface area contributed by atoms with Crippen molar-refractivity contribution < 1.29 is 9.84 Å². The van der Waals surface area contributed by atoms with Crippen LogP contribution in [-0.4, -0.2) is 48.5 Å². The van der Waals surface area contributed by atoms with E-state index in [9.17, 15) is 5.11 Å². The van der Waals surface area contributed by atoms with Gasteiger partial charge in [-0.15, -0.1) is 0 Å². The maximum Gasteiger partial charge on any atom is 0.224 e. The number of aliphatic hydroxyl groups excluding tert-OH is 1. The molecule has 0 aliphatic carbocycles. The summed E-state index contributed by atoms with van der Waals surface area (Å²) in [6, 6.07) is 0. The van der Waals surface area contributed by atoms with Gasteiger partial charge in [0.2, 0.25) is 5.95 Å². The summed E-state index contributed by atoms with van der Waals surface area (Å²) in [4.78, 5) is 8.31. The Hall–Kier alpha value is -1.40. The van der Waals surface area contributed by atoms with Crippen LogP contribution in [0.2, 0.25) is 0 Å². The molecular weight excluding hydrogens is 208 g/mol. The van der Waals surface area contributed by atoms with E-state index in [2.05, 4.69) is 20.6 Å². The average molecular weight is 226 g/mol. The summed E-state index contributed by atoms with van der Waals surface area (Å²) < 4.78 is 4.83. The van der Waals surface area contributed by atoms with E-state index < -0.39 is 6.10 Å². The molecule has 0 saturated heterocycles. The summed E-state index contributed by atoms with van der Waals surface area (Å²) in [7, 11) is 3.31. The highest BCUT2D eigenvalue weighted by Gasteiger charge is 2.06. The van der Waals surface area contributed by atoms with Gasteiger partial charge in [0, 0.05) is 32.5 Å². The fourth-order valence-electron chi connectivity index (χ4n) is 1.21. The molecule has 1 aromatic rings. The summed E-state index contributed by atoms with van der Waals surface area (Å²) in [5, 5.41) is 15.4. The Morgan fingerprint density at radius 1 is 1.56 bits per heavy atom. The smallest absolute Gasteiger partial charge is 0.224 e. The van der Waals surface area contributed by atoms with E-state index in [1.165, 1.54) is 0 Å². The van der Waals surface area contributed by atoms with Crippen molar-refractivity contribution in [3.63, 3.8) is 0 Å². The predicted octanol–water partition coefficient (Wildman–Crippen LogP) is 0.246. The van der Waals surface area contributed by atoms with Gasteiger partial charge >= 0.3 is 0 Å². The molecule has 1 rings (SSSR count). The minimum atomic E-state index is -0.544. The van der Waals surface area contributed by atoms with Crippen molar-refractivity contribution >= 4 is 11.8 Å². The molecule has 0 amide bonds. The summed E-state index contributed by atoms with van der Waals surface area (Å²) in [5.74, 6) is 1.27. The number of ether oxygens (including phenoxy) is 1. The van der Waals surface area contributed by atoms with Crippen LogP contribution in [0, 0.1) is 6.92 Å². The Morgan fingerprint density at radius 2 is 2.31 bits per heavy atom. The topological polar surface area (TPSA) is 79.3 Å². The van der Waals surface area contributed by atoms with Gasteiger partial charge < -0.3 is 20.5 Å². The van der Waals surface area contributed by atoms with E-state index in [1.807, 2.05) is 6.92 Å². The Kier molecular flexibility index (Phi) is 4.94. The first-order chi connectivity index (χ1) is 7.67. The first-order valence-corrected chi connectivity index (χ1v) is 5.09. The number of aryl methyl sites for hydroxylation is 1.